The Kier molecular flexibility index (Phi) is 3.97. The zero-order chi connectivity index (χ0) is 13.0. The SMILES string of the molecule is CCCCCN(C(C)=O)c1nc2ccccc2[nH]1. The van der Waals surface area contributed by atoms with E-state index in [0.29, 0.717) is 5.95 Å². The summed E-state index contributed by atoms with van der Waals surface area (Å²) in [6.45, 7) is 4.46. The number of nitrogens with zero attached hydrogens (tertiary/aromatic N) is 2. The third-order valence-corrected chi connectivity index (χ3v) is 3.00. The third kappa shape index (κ3) is 2.70. The second-order valence-corrected chi connectivity index (χ2v) is 4.46. The van der Waals surface area contributed by atoms with Crippen LogP contribution >= 0.6 is 0 Å². The molecule has 1 aromatic carbocycles. The van der Waals surface area contributed by atoms with Gasteiger partial charge in [-0.3, -0.25) is 9.69 Å². The Hall–Kier alpha value is -1.84. The standard InChI is InChI=1S/C14H19N3O/c1-3-4-7-10-17(11(2)18)14-15-12-8-5-6-9-13(12)16-14/h5-6,8-9H,3-4,7,10H2,1-2H3,(H,15,16). The summed E-state index contributed by atoms with van der Waals surface area (Å²) in [5, 5.41) is 0. The van der Waals surface area contributed by atoms with Crippen LogP contribution in [-0.4, -0.2) is 22.4 Å². The molecule has 0 bridgehead atoms. The molecule has 0 aliphatic carbocycles. The van der Waals surface area contributed by atoms with Crippen molar-refractivity contribution in [3.8, 4) is 0 Å². The van der Waals surface area contributed by atoms with Gasteiger partial charge in [-0.25, -0.2) is 4.98 Å². The van der Waals surface area contributed by atoms with Gasteiger partial charge in [0.2, 0.25) is 11.9 Å². The quantitative estimate of drug-likeness (QED) is 0.823. The monoisotopic (exact) mass is 245 g/mol. The molecule has 1 N–H and O–H groups in total. The molecule has 0 atom stereocenters. The molecule has 96 valence electrons. The average Bonchev–Trinajstić information content (AvgIpc) is 2.77. The van der Waals surface area contributed by atoms with Gasteiger partial charge in [-0.2, -0.15) is 0 Å². The molecule has 0 fully saturated rings. The van der Waals surface area contributed by atoms with Gasteiger partial charge in [-0.05, 0) is 18.6 Å². The van der Waals surface area contributed by atoms with E-state index in [1.54, 1.807) is 11.8 Å². The van der Waals surface area contributed by atoms with E-state index < -0.39 is 0 Å². The van der Waals surface area contributed by atoms with Crippen LogP contribution in [0.1, 0.15) is 33.1 Å². The van der Waals surface area contributed by atoms with E-state index in [9.17, 15) is 4.79 Å². The van der Waals surface area contributed by atoms with Gasteiger partial charge in [-0.15, -0.1) is 0 Å². The molecule has 4 nitrogen and oxygen atoms in total. The highest BCUT2D eigenvalue weighted by Crippen LogP contribution is 2.17. The number of H-pyrrole nitrogens is 1. The Bertz CT molecular complexity index is 500. The van der Waals surface area contributed by atoms with Crippen molar-refractivity contribution < 1.29 is 4.79 Å². The Morgan fingerprint density at radius 2 is 2.11 bits per heavy atom. The van der Waals surface area contributed by atoms with E-state index in [2.05, 4.69) is 16.9 Å². The van der Waals surface area contributed by atoms with Gasteiger partial charge in [0.05, 0.1) is 11.0 Å². The van der Waals surface area contributed by atoms with Crippen LogP contribution in [0.15, 0.2) is 24.3 Å². The summed E-state index contributed by atoms with van der Waals surface area (Å²) >= 11 is 0. The van der Waals surface area contributed by atoms with Crippen LogP contribution in [0.3, 0.4) is 0 Å². The lowest BCUT2D eigenvalue weighted by molar-refractivity contribution is -0.116. The van der Waals surface area contributed by atoms with Crippen molar-refractivity contribution in [2.24, 2.45) is 0 Å². The van der Waals surface area contributed by atoms with Crippen LogP contribution < -0.4 is 4.90 Å². The molecule has 18 heavy (non-hydrogen) atoms. The second kappa shape index (κ2) is 5.67. The van der Waals surface area contributed by atoms with Crippen molar-refractivity contribution in [2.75, 3.05) is 11.4 Å². The number of fused-ring (bicyclic) bond motifs is 1. The van der Waals surface area contributed by atoms with Crippen LogP contribution in [-0.2, 0) is 4.79 Å². The topological polar surface area (TPSA) is 49.0 Å². The van der Waals surface area contributed by atoms with Crippen molar-refractivity contribution in [2.45, 2.75) is 33.1 Å². The van der Waals surface area contributed by atoms with Gasteiger partial charge >= 0.3 is 0 Å². The molecule has 2 rings (SSSR count). The molecule has 1 aromatic heterocycles. The van der Waals surface area contributed by atoms with E-state index in [-0.39, 0.29) is 5.91 Å². The normalized spacial score (nSPS) is 10.8. The molecule has 0 saturated carbocycles. The molecule has 0 aliphatic rings. The predicted molar refractivity (Wildman–Crippen MR) is 73.6 cm³/mol. The van der Waals surface area contributed by atoms with Gasteiger partial charge in [0.1, 0.15) is 0 Å². The number of imidazole rings is 1. The number of hydrogen-bond acceptors (Lipinski definition) is 2. The number of benzene rings is 1. The zero-order valence-electron chi connectivity index (χ0n) is 10.9. The van der Waals surface area contributed by atoms with E-state index in [4.69, 9.17) is 0 Å². The van der Waals surface area contributed by atoms with E-state index >= 15 is 0 Å². The summed E-state index contributed by atoms with van der Waals surface area (Å²) in [4.78, 5) is 21.1. The van der Waals surface area contributed by atoms with E-state index in [1.165, 1.54) is 0 Å². The zero-order valence-corrected chi connectivity index (χ0v) is 10.9. The summed E-state index contributed by atoms with van der Waals surface area (Å²) in [5.74, 6) is 0.685. The van der Waals surface area contributed by atoms with E-state index in [0.717, 1.165) is 36.8 Å². The molecule has 0 radical (unpaired) electrons. The first-order chi connectivity index (χ1) is 8.72. The first kappa shape index (κ1) is 12.6. The largest absolute Gasteiger partial charge is 0.324 e. The molecular weight excluding hydrogens is 226 g/mol. The van der Waals surface area contributed by atoms with Crippen LogP contribution in [0, 0.1) is 0 Å². The highest BCUT2D eigenvalue weighted by atomic mass is 16.2. The number of para-hydroxylation sites is 2. The number of aromatic nitrogens is 2. The first-order valence-corrected chi connectivity index (χ1v) is 6.45. The molecule has 0 unspecified atom stereocenters. The lowest BCUT2D eigenvalue weighted by atomic mass is 10.2. The van der Waals surface area contributed by atoms with Crippen molar-refractivity contribution in [1.29, 1.82) is 0 Å². The van der Waals surface area contributed by atoms with Crippen molar-refractivity contribution in [3.63, 3.8) is 0 Å². The number of hydrogen-bond donors (Lipinski definition) is 1. The first-order valence-electron chi connectivity index (χ1n) is 6.45. The minimum Gasteiger partial charge on any atom is -0.324 e. The number of rotatable bonds is 5. The average molecular weight is 245 g/mol. The van der Waals surface area contributed by atoms with Crippen molar-refractivity contribution >= 4 is 22.9 Å². The fraction of sp³-hybridized carbons (Fsp3) is 0.429. The van der Waals surface area contributed by atoms with Gasteiger partial charge in [0, 0.05) is 13.5 Å². The minimum absolute atomic E-state index is 0.0326. The van der Waals surface area contributed by atoms with Crippen LogP contribution in [0.4, 0.5) is 5.95 Å². The molecule has 0 saturated heterocycles. The summed E-state index contributed by atoms with van der Waals surface area (Å²) in [7, 11) is 0. The highest BCUT2D eigenvalue weighted by Gasteiger charge is 2.14. The third-order valence-electron chi connectivity index (χ3n) is 3.00. The van der Waals surface area contributed by atoms with Crippen molar-refractivity contribution in [1.82, 2.24) is 9.97 Å². The lowest BCUT2D eigenvalue weighted by Crippen LogP contribution is -2.30. The highest BCUT2D eigenvalue weighted by molar-refractivity contribution is 5.91. The summed E-state index contributed by atoms with van der Waals surface area (Å²) in [6, 6.07) is 7.82. The number of amides is 1. The predicted octanol–water partition coefficient (Wildman–Crippen LogP) is 3.11. The maximum absolute atomic E-state index is 11.7. The molecule has 1 amide bonds. The Labute approximate surface area is 107 Å². The summed E-state index contributed by atoms with van der Waals surface area (Å²) in [5.41, 5.74) is 1.86. The molecule has 2 aromatic rings. The number of carbonyl (C=O) groups excluding carboxylic acids is 1. The molecule has 4 heteroatoms. The lowest BCUT2D eigenvalue weighted by Gasteiger charge is -2.17. The fourth-order valence-corrected chi connectivity index (χ4v) is 2.00. The van der Waals surface area contributed by atoms with Crippen molar-refractivity contribution in [3.05, 3.63) is 24.3 Å². The Balaban J connectivity index is 2.21. The van der Waals surface area contributed by atoms with Gasteiger partial charge in [0.25, 0.3) is 0 Å². The number of aromatic amines is 1. The summed E-state index contributed by atoms with van der Waals surface area (Å²) in [6.07, 6.45) is 3.28. The smallest absolute Gasteiger partial charge is 0.226 e. The fourth-order valence-electron chi connectivity index (χ4n) is 2.00. The number of nitrogens with one attached hydrogen (secondary N) is 1. The van der Waals surface area contributed by atoms with Gasteiger partial charge in [0.15, 0.2) is 0 Å². The molecule has 0 spiro atoms. The Morgan fingerprint density at radius 3 is 2.78 bits per heavy atom. The molecule has 1 heterocycles. The molecular formula is C14H19N3O. The maximum atomic E-state index is 11.7. The van der Waals surface area contributed by atoms with E-state index in [1.807, 2.05) is 24.3 Å². The Morgan fingerprint density at radius 1 is 1.33 bits per heavy atom. The molecule has 0 aliphatic heterocycles. The van der Waals surface area contributed by atoms with Crippen LogP contribution in [0.5, 0.6) is 0 Å². The summed E-state index contributed by atoms with van der Waals surface area (Å²) < 4.78 is 0. The van der Waals surface area contributed by atoms with Crippen LogP contribution in [0.25, 0.3) is 11.0 Å². The van der Waals surface area contributed by atoms with Crippen LogP contribution in [0.2, 0.25) is 0 Å². The van der Waals surface area contributed by atoms with Gasteiger partial charge < -0.3 is 4.98 Å². The number of unbranched alkanes of at least 4 members (excludes halogenated alkanes) is 2. The maximum Gasteiger partial charge on any atom is 0.226 e. The number of anilines is 1. The van der Waals surface area contributed by atoms with Gasteiger partial charge in [-0.1, -0.05) is 31.9 Å². The minimum atomic E-state index is 0.0326. The number of carbonyl (C=O) groups is 1. The second-order valence-electron chi connectivity index (χ2n) is 4.46.